The number of amides is 1. The van der Waals surface area contributed by atoms with Crippen molar-refractivity contribution in [1.29, 1.82) is 0 Å². The molecule has 0 saturated carbocycles. The Labute approximate surface area is 194 Å². The van der Waals surface area contributed by atoms with E-state index in [1.54, 1.807) is 0 Å². The summed E-state index contributed by atoms with van der Waals surface area (Å²) in [5.41, 5.74) is -0.122. The second-order valence-corrected chi connectivity index (χ2v) is 8.31. The molecule has 2 aromatic rings. The molecule has 1 amide bonds. The van der Waals surface area contributed by atoms with Crippen LogP contribution >= 0.6 is 0 Å². The van der Waals surface area contributed by atoms with Crippen LogP contribution in [0.3, 0.4) is 0 Å². The van der Waals surface area contributed by atoms with Gasteiger partial charge in [0.05, 0.1) is 27.5 Å². The molecule has 33 heavy (non-hydrogen) atoms. The third-order valence-corrected chi connectivity index (χ3v) is 5.69. The van der Waals surface area contributed by atoms with E-state index in [2.05, 4.69) is 12.2 Å². The molecule has 1 unspecified atom stereocenters. The molecular weight excluding hydrogens is 422 g/mol. The molecule has 178 valence electrons. The van der Waals surface area contributed by atoms with Gasteiger partial charge in [-0.1, -0.05) is 95.0 Å². The molecule has 0 spiro atoms. The van der Waals surface area contributed by atoms with E-state index < -0.39 is 27.1 Å². The van der Waals surface area contributed by atoms with Gasteiger partial charge >= 0.3 is 0 Å². The summed E-state index contributed by atoms with van der Waals surface area (Å²) in [5.74, 6) is -0.563. The quantitative estimate of drug-likeness (QED) is 0.178. The van der Waals surface area contributed by atoms with Crippen molar-refractivity contribution in [2.75, 3.05) is 0 Å². The van der Waals surface area contributed by atoms with Gasteiger partial charge in [-0.05, 0) is 12.0 Å². The molecule has 0 heterocycles. The van der Waals surface area contributed by atoms with Crippen LogP contribution in [-0.2, 0) is 0 Å². The zero-order valence-electron chi connectivity index (χ0n) is 19.2. The first-order chi connectivity index (χ1) is 15.9. The number of benzene rings is 2. The van der Waals surface area contributed by atoms with Gasteiger partial charge in [0, 0.05) is 12.1 Å². The van der Waals surface area contributed by atoms with Gasteiger partial charge in [0.15, 0.2) is 0 Å². The summed E-state index contributed by atoms with van der Waals surface area (Å²) in [6.07, 6.45) is 11.5. The fraction of sp³-hybridized carbons (Fsp3) is 0.480. The standard InChI is InChI=1S/C25H33N3O5/c1-2-3-4-5-6-7-8-9-13-16-24(20-14-11-10-12-15-20)26-25(29)21-17-22(27(30)31)19-23(18-21)28(32)33/h10-12,14-15,17-19,24H,2-9,13,16H2,1H3,(H,26,29). The van der Waals surface area contributed by atoms with E-state index in [4.69, 9.17) is 0 Å². The van der Waals surface area contributed by atoms with Crippen molar-refractivity contribution in [2.45, 2.75) is 77.2 Å². The van der Waals surface area contributed by atoms with Gasteiger partial charge < -0.3 is 5.32 Å². The number of carbonyl (C=O) groups is 1. The third-order valence-electron chi connectivity index (χ3n) is 5.69. The van der Waals surface area contributed by atoms with Crippen molar-refractivity contribution in [1.82, 2.24) is 5.32 Å². The maximum absolute atomic E-state index is 12.9. The van der Waals surface area contributed by atoms with E-state index in [1.165, 1.54) is 38.5 Å². The number of carbonyl (C=O) groups excluding carboxylic acids is 1. The van der Waals surface area contributed by atoms with Gasteiger partial charge in [-0.3, -0.25) is 25.0 Å². The Hall–Kier alpha value is -3.29. The van der Waals surface area contributed by atoms with Crippen LogP contribution in [0.2, 0.25) is 0 Å². The lowest BCUT2D eigenvalue weighted by molar-refractivity contribution is -0.394. The summed E-state index contributed by atoms with van der Waals surface area (Å²) in [5, 5.41) is 25.2. The molecule has 8 heteroatoms. The molecule has 1 atom stereocenters. The summed E-state index contributed by atoms with van der Waals surface area (Å²) in [4.78, 5) is 33.7. The number of nitro benzene ring substituents is 2. The fourth-order valence-electron chi connectivity index (χ4n) is 3.85. The molecule has 0 aromatic heterocycles. The molecular formula is C25H33N3O5. The molecule has 0 bridgehead atoms. The molecule has 8 nitrogen and oxygen atoms in total. The summed E-state index contributed by atoms with van der Waals surface area (Å²) < 4.78 is 0. The number of nitro groups is 2. The number of nitrogens with zero attached hydrogens (tertiary/aromatic N) is 2. The van der Waals surface area contributed by atoms with Crippen LogP contribution in [-0.4, -0.2) is 15.8 Å². The number of hydrogen-bond donors (Lipinski definition) is 1. The van der Waals surface area contributed by atoms with E-state index in [1.807, 2.05) is 30.3 Å². The Balaban J connectivity index is 2.00. The first-order valence-corrected chi connectivity index (χ1v) is 11.7. The maximum atomic E-state index is 12.9. The zero-order valence-corrected chi connectivity index (χ0v) is 19.2. The third kappa shape index (κ3) is 9.00. The smallest absolute Gasteiger partial charge is 0.277 e. The summed E-state index contributed by atoms with van der Waals surface area (Å²) >= 11 is 0. The fourth-order valence-corrected chi connectivity index (χ4v) is 3.85. The number of rotatable bonds is 15. The highest BCUT2D eigenvalue weighted by Gasteiger charge is 2.22. The lowest BCUT2D eigenvalue weighted by Crippen LogP contribution is -2.28. The van der Waals surface area contributed by atoms with E-state index in [0.717, 1.165) is 49.4 Å². The van der Waals surface area contributed by atoms with Gasteiger partial charge in [0.25, 0.3) is 17.3 Å². The molecule has 1 N–H and O–H groups in total. The molecule has 0 aliphatic heterocycles. The molecule has 0 saturated heterocycles. The molecule has 2 aromatic carbocycles. The SMILES string of the molecule is CCCCCCCCCCCC(NC(=O)c1cc([N+](=O)[O-])cc([N+](=O)[O-])c1)c1ccccc1. The number of unbranched alkanes of at least 4 members (excludes halogenated alkanes) is 8. The van der Waals surface area contributed by atoms with Crippen LogP contribution in [0.15, 0.2) is 48.5 Å². The van der Waals surface area contributed by atoms with Crippen molar-refractivity contribution >= 4 is 17.3 Å². The van der Waals surface area contributed by atoms with Crippen molar-refractivity contribution in [2.24, 2.45) is 0 Å². The van der Waals surface area contributed by atoms with E-state index >= 15 is 0 Å². The first kappa shape index (κ1) is 26.0. The topological polar surface area (TPSA) is 115 Å². The lowest BCUT2D eigenvalue weighted by atomic mass is 9.98. The number of non-ortho nitro benzene ring substituents is 2. The average Bonchev–Trinajstić information content (AvgIpc) is 2.82. The van der Waals surface area contributed by atoms with Gasteiger partial charge in [0.1, 0.15) is 0 Å². The Kier molecular flexibility index (Phi) is 11.0. The van der Waals surface area contributed by atoms with Crippen LogP contribution in [0.4, 0.5) is 11.4 Å². The predicted molar refractivity (Wildman–Crippen MR) is 128 cm³/mol. The van der Waals surface area contributed by atoms with Gasteiger partial charge in [0.2, 0.25) is 0 Å². The highest BCUT2D eigenvalue weighted by atomic mass is 16.6. The monoisotopic (exact) mass is 455 g/mol. The normalized spacial score (nSPS) is 11.7. The van der Waals surface area contributed by atoms with Crippen molar-refractivity contribution in [3.63, 3.8) is 0 Å². The highest BCUT2D eigenvalue weighted by Crippen LogP contribution is 2.25. The molecule has 2 rings (SSSR count). The van der Waals surface area contributed by atoms with Crippen LogP contribution in [0.25, 0.3) is 0 Å². The summed E-state index contributed by atoms with van der Waals surface area (Å²) in [6, 6.07) is 12.3. The van der Waals surface area contributed by atoms with Crippen molar-refractivity contribution < 1.29 is 14.6 Å². The largest absolute Gasteiger partial charge is 0.345 e. The molecule has 0 radical (unpaired) electrons. The molecule has 0 aliphatic carbocycles. The maximum Gasteiger partial charge on any atom is 0.277 e. The highest BCUT2D eigenvalue weighted by molar-refractivity contribution is 5.95. The van der Waals surface area contributed by atoms with E-state index in [9.17, 15) is 25.0 Å². The lowest BCUT2D eigenvalue weighted by Gasteiger charge is -2.19. The molecule has 0 aliphatic rings. The number of nitrogens with one attached hydrogen (secondary N) is 1. The Morgan fingerprint density at radius 2 is 1.33 bits per heavy atom. The van der Waals surface area contributed by atoms with Crippen LogP contribution in [0.1, 0.15) is 93.1 Å². The minimum Gasteiger partial charge on any atom is -0.345 e. The Morgan fingerprint density at radius 1 is 0.818 bits per heavy atom. The van der Waals surface area contributed by atoms with Crippen molar-refractivity contribution in [3.8, 4) is 0 Å². The van der Waals surface area contributed by atoms with Crippen LogP contribution < -0.4 is 5.32 Å². The van der Waals surface area contributed by atoms with Gasteiger partial charge in [-0.15, -0.1) is 0 Å². The zero-order chi connectivity index (χ0) is 24.1. The summed E-state index contributed by atoms with van der Waals surface area (Å²) in [7, 11) is 0. The Morgan fingerprint density at radius 3 is 1.85 bits per heavy atom. The summed E-state index contributed by atoms with van der Waals surface area (Å²) in [6.45, 7) is 2.21. The van der Waals surface area contributed by atoms with Crippen LogP contribution in [0, 0.1) is 20.2 Å². The minimum atomic E-state index is -0.735. The van der Waals surface area contributed by atoms with E-state index in [0.29, 0.717) is 0 Å². The minimum absolute atomic E-state index is 0.0936. The second kappa shape index (κ2) is 14.0. The van der Waals surface area contributed by atoms with Gasteiger partial charge in [-0.25, -0.2) is 0 Å². The molecule has 0 fully saturated rings. The average molecular weight is 456 g/mol. The first-order valence-electron chi connectivity index (χ1n) is 11.7. The second-order valence-electron chi connectivity index (χ2n) is 8.31. The van der Waals surface area contributed by atoms with E-state index in [-0.39, 0.29) is 11.6 Å². The van der Waals surface area contributed by atoms with Crippen LogP contribution in [0.5, 0.6) is 0 Å². The Bertz CT molecular complexity index is 885. The van der Waals surface area contributed by atoms with Gasteiger partial charge in [-0.2, -0.15) is 0 Å². The predicted octanol–water partition coefficient (Wildman–Crippen LogP) is 6.90. The van der Waals surface area contributed by atoms with Crippen molar-refractivity contribution in [3.05, 3.63) is 79.9 Å². The number of hydrogen-bond acceptors (Lipinski definition) is 5.